The van der Waals surface area contributed by atoms with Crippen molar-refractivity contribution in [2.24, 2.45) is 4.99 Å². The number of benzene rings is 2. The monoisotopic (exact) mass is 455 g/mol. The number of carboxylic acids is 1. The summed E-state index contributed by atoms with van der Waals surface area (Å²) in [5.41, 5.74) is 6.35. The summed E-state index contributed by atoms with van der Waals surface area (Å²) in [4.78, 5) is 15.9. The molecule has 0 aliphatic carbocycles. The molecule has 1 aliphatic rings. The molecule has 0 saturated heterocycles. The SMILES string of the molecule is CCCc1cc2c(n1Cc1ccc(-c3ccccc3-c3nnn[nH]3)cc1)NC(C(=O)O)=NC2C. The van der Waals surface area contributed by atoms with Crippen molar-refractivity contribution in [2.45, 2.75) is 39.3 Å². The number of carboxylic acid groups (broad SMARTS) is 1. The number of tetrazole rings is 1. The Labute approximate surface area is 196 Å². The smallest absolute Gasteiger partial charge is 0.371 e. The zero-order chi connectivity index (χ0) is 23.7. The van der Waals surface area contributed by atoms with Crippen LogP contribution in [0.15, 0.2) is 59.6 Å². The van der Waals surface area contributed by atoms with Crippen molar-refractivity contribution in [1.82, 2.24) is 25.2 Å². The Morgan fingerprint density at radius 2 is 1.88 bits per heavy atom. The summed E-state index contributed by atoms with van der Waals surface area (Å²) in [5.74, 6) is 0.373. The number of anilines is 1. The van der Waals surface area contributed by atoms with Crippen molar-refractivity contribution in [3.05, 3.63) is 71.4 Å². The first-order valence-corrected chi connectivity index (χ1v) is 11.3. The van der Waals surface area contributed by atoms with Gasteiger partial charge in [0.15, 0.2) is 5.82 Å². The number of amidine groups is 1. The summed E-state index contributed by atoms with van der Waals surface area (Å²) < 4.78 is 2.18. The molecule has 2 aromatic carbocycles. The average Bonchev–Trinajstić information content (AvgIpc) is 3.49. The highest BCUT2D eigenvalue weighted by atomic mass is 16.4. The third-order valence-electron chi connectivity index (χ3n) is 6.06. The van der Waals surface area contributed by atoms with Gasteiger partial charge in [0.1, 0.15) is 5.82 Å². The molecule has 9 heteroatoms. The molecule has 0 radical (unpaired) electrons. The fourth-order valence-electron chi connectivity index (χ4n) is 4.43. The number of carbonyl (C=O) groups is 1. The van der Waals surface area contributed by atoms with Crippen molar-refractivity contribution in [3.63, 3.8) is 0 Å². The molecule has 2 aromatic heterocycles. The van der Waals surface area contributed by atoms with E-state index in [0.717, 1.165) is 46.5 Å². The van der Waals surface area contributed by atoms with Crippen LogP contribution in [0.1, 0.15) is 43.1 Å². The lowest BCUT2D eigenvalue weighted by atomic mass is 9.98. The molecule has 172 valence electrons. The van der Waals surface area contributed by atoms with Crippen molar-refractivity contribution in [1.29, 1.82) is 0 Å². The summed E-state index contributed by atoms with van der Waals surface area (Å²) in [6.07, 6.45) is 1.90. The summed E-state index contributed by atoms with van der Waals surface area (Å²) in [7, 11) is 0. The van der Waals surface area contributed by atoms with Gasteiger partial charge < -0.3 is 15.0 Å². The maximum atomic E-state index is 11.6. The summed E-state index contributed by atoms with van der Waals surface area (Å²) in [6.45, 7) is 4.70. The largest absolute Gasteiger partial charge is 0.475 e. The Balaban J connectivity index is 1.47. The number of hydrogen-bond donors (Lipinski definition) is 3. The van der Waals surface area contributed by atoms with Crippen LogP contribution in [0, 0.1) is 0 Å². The number of H-pyrrole nitrogens is 1. The molecule has 5 rings (SSSR count). The molecule has 0 spiro atoms. The molecule has 9 nitrogen and oxygen atoms in total. The molecule has 4 aromatic rings. The van der Waals surface area contributed by atoms with E-state index in [0.29, 0.717) is 12.4 Å². The van der Waals surface area contributed by atoms with E-state index in [2.05, 4.69) is 72.8 Å². The Morgan fingerprint density at radius 3 is 2.56 bits per heavy atom. The van der Waals surface area contributed by atoms with Crippen LogP contribution in [0.25, 0.3) is 22.5 Å². The minimum absolute atomic E-state index is 0.0174. The van der Waals surface area contributed by atoms with Crippen LogP contribution in [-0.2, 0) is 17.8 Å². The predicted molar refractivity (Wildman–Crippen MR) is 130 cm³/mol. The number of aromatic nitrogens is 5. The Kier molecular flexibility index (Phi) is 5.67. The Hall–Kier alpha value is -4.27. The molecule has 1 aliphatic heterocycles. The zero-order valence-corrected chi connectivity index (χ0v) is 19.0. The minimum atomic E-state index is -1.05. The third-order valence-corrected chi connectivity index (χ3v) is 6.06. The second-order valence-electron chi connectivity index (χ2n) is 8.35. The molecule has 0 fully saturated rings. The van der Waals surface area contributed by atoms with E-state index in [4.69, 9.17) is 0 Å². The first-order valence-electron chi connectivity index (χ1n) is 11.3. The predicted octanol–water partition coefficient (Wildman–Crippen LogP) is 4.31. The Bertz CT molecular complexity index is 1350. The van der Waals surface area contributed by atoms with E-state index in [-0.39, 0.29) is 11.9 Å². The molecule has 1 atom stereocenters. The number of fused-ring (bicyclic) bond motifs is 1. The number of nitrogens with zero attached hydrogens (tertiary/aromatic N) is 5. The van der Waals surface area contributed by atoms with E-state index in [1.807, 2.05) is 31.2 Å². The molecule has 0 amide bonds. The van der Waals surface area contributed by atoms with E-state index in [9.17, 15) is 9.90 Å². The first-order chi connectivity index (χ1) is 16.5. The summed E-state index contributed by atoms with van der Waals surface area (Å²) in [6, 6.07) is 18.3. The molecular formula is C25H25N7O2. The van der Waals surface area contributed by atoms with Crippen LogP contribution in [0.3, 0.4) is 0 Å². The second-order valence-corrected chi connectivity index (χ2v) is 8.35. The highest BCUT2D eigenvalue weighted by Gasteiger charge is 2.27. The number of aliphatic imine (C=N–C) groups is 1. The van der Waals surface area contributed by atoms with Crippen molar-refractivity contribution < 1.29 is 9.90 Å². The van der Waals surface area contributed by atoms with Crippen molar-refractivity contribution >= 4 is 17.6 Å². The van der Waals surface area contributed by atoms with E-state index in [1.54, 1.807) is 0 Å². The third kappa shape index (κ3) is 3.96. The van der Waals surface area contributed by atoms with Crippen LogP contribution >= 0.6 is 0 Å². The molecule has 0 saturated carbocycles. The summed E-state index contributed by atoms with van der Waals surface area (Å²) >= 11 is 0. The van der Waals surface area contributed by atoms with Crippen LogP contribution < -0.4 is 5.32 Å². The maximum Gasteiger partial charge on any atom is 0.371 e. The van der Waals surface area contributed by atoms with Gasteiger partial charge in [0.25, 0.3) is 0 Å². The molecule has 1 unspecified atom stereocenters. The van der Waals surface area contributed by atoms with Crippen LogP contribution in [-0.4, -0.2) is 42.1 Å². The lowest BCUT2D eigenvalue weighted by molar-refractivity contribution is -0.129. The zero-order valence-electron chi connectivity index (χ0n) is 19.0. The van der Waals surface area contributed by atoms with Gasteiger partial charge >= 0.3 is 5.97 Å². The molecular weight excluding hydrogens is 430 g/mol. The van der Waals surface area contributed by atoms with Crippen LogP contribution in [0.5, 0.6) is 0 Å². The van der Waals surface area contributed by atoms with E-state index >= 15 is 0 Å². The van der Waals surface area contributed by atoms with Gasteiger partial charge in [-0.1, -0.05) is 61.9 Å². The topological polar surface area (TPSA) is 121 Å². The lowest BCUT2D eigenvalue weighted by Gasteiger charge is -2.21. The number of aryl methyl sites for hydroxylation is 1. The highest BCUT2D eigenvalue weighted by molar-refractivity contribution is 6.39. The van der Waals surface area contributed by atoms with Gasteiger partial charge in [-0.25, -0.2) is 9.89 Å². The molecule has 0 bridgehead atoms. The van der Waals surface area contributed by atoms with Gasteiger partial charge in [0.2, 0.25) is 5.84 Å². The minimum Gasteiger partial charge on any atom is -0.475 e. The van der Waals surface area contributed by atoms with E-state index in [1.165, 1.54) is 5.69 Å². The van der Waals surface area contributed by atoms with Gasteiger partial charge in [0.05, 0.1) is 6.04 Å². The van der Waals surface area contributed by atoms with Crippen LogP contribution in [0.2, 0.25) is 0 Å². The average molecular weight is 456 g/mol. The maximum absolute atomic E-state index is 11.6. The molecule has 3 N–H and O–H groups in total. The van der Waals surface area contributed by atoms with Gasteiger partial charge in [-0.15, -0.1) is 5.10 Å². The molecule has 34 heavy (non-hydrogen) atoms. The number of nitrogens with one attached hydrogen (secondary N) is 2. The fraction of sp³-hybridized carbons (Fsp3) is 0.240. The standard InChI is InChI=1S/C25H25N7O2/c1-3-6-18-13-21-15(2)26-23(25(33)34)27-24(21)32(18)14-16-9-11-17(12-10-16)19-7-4-5-8-20(19)22-28-30-31-29-22/h4-5,7-13,15H,3,6,14H2,1-2H3,(H,26,27)(H,33,34)(H,28,29,30,31). The fourth-order valence-corrected chi connectivity index (χ4v) is 4.43. The highest BCUT2D eigenvalue weighted by Crippen LogP contribution is 2.35. The second kappa shape index (κ2) is 8.93. The summed E-state index contributed by atoms with van der Waals surface area (Å²) in [5, 5.41) is 26.8. The number of rotatable bonds is 7. The first kappa shape index (κ1) is 21.6. The van der Waals surface area contributed by atoms with Gasteiger partial charge in [-0.2, -0.15) is 0 Å². The van der Waals surface area contributed by atoms with E-state index < -0.39 is 5.97 Å². The molecule has 3 heterocycles. The number of hydrogen-bond acceptors (Lipinski definition) is 6. The van der Waals surface area contributed by atoms with Gasteiger partial charge in [-0.05, 0) is 46.5 Å². The Morgan fingerprint density at radius 1 is 1.12 bits per heavy atom. The van der Waals surface area contributed by atoms with Gasteiger partial charge in [-0.3, -0.25) is 4.99 Å². The number of aliphatic carboxylic acids is 1. The van der Waals surface area contributed by atoms with Crippen molar-refractivity contribution in [3.8, 4) is 22.5 Å². The van der Waals surface area contributed by atoms with Crippen molar-refractivity contribution in [2.75, 3.05) is 5.32 Å². The number of aromatic amines is 1. The van der Waals surface area contributed by atoms with Gasteiger partial charge in [0, 0.05) is 23.4 Å². The normalized spacial score (nSPS) is 14.9. The lowest BCUT2D eigenvalue weighted by Crippen LogP contribution is -2.28. The quantitative estimate of drug-likeness (QED) is 0.382. The van der Waals surface area contributed by atoms with Crippen LogP contribution in [0.4, 0.5) is 5.82 Å².